The van der Waals surface area contributed by atoms with Crippen molar-refractivity contribution in [3.63, 3.8) is 0 Å². The van der Waals surface area contributed by atoms with E-state index in [1.807, 2.05) is 12.1 Å². The molecule has 1 heterocycles. The molecule has 1 N–H and O–H groups in total. The molecule has 0 aromatic heterocycles. The van der Waals surface area contributed by atoms with Gasteiger partial charge in [-0.15, -0.1) is 0 Å². The van der Waals surface area contributed by atoms with Crippen LogP contribution in [0, 0.1) is 23.6 Å². The summed E-state index contributed by atoms with van der Waals surface area (Å²) in [5, 5.41) is 9.79. The van der Waals surface area contributed by atoms with Gasteiger partial charge in [0, 0.05) is 25.2 Å². The molecule has 29 heavy (non-hydrogen) atoms. The number of aliphatic hydroxyl groups excluding tert-OH is 1. The summed E-state index contributed by atoms with van der Waals surface area (Å²) in [6, 6.07) is 6.66. The number of piperidine rings is 1. The summed E-state index contributed by atoms with van der Waals surface area (Å²) < 4.78 is 13.4. The van der Waals surface area contributed by atoms with Crippen LogP contribution in [0.4, 0.5) is 4.39 Å². The maximum atomic E-state index is 13.6. The van der Waals surface area contributed by atoms with Crippen LogP contribution in [0.1, 0.15) is 56.9 Å². The summed E-state index contributed by atoms with van der Waals surface area (Å²) in [6.07, 6.45) is 8.76. The van der Waals surface area contributed by atoms with Gasteiger partial charge in [0.25, 0.3) is 0 Å². The second kappa shape index (κ2) is 7.66. The highest BCUT2D eigenvalue weighted by atomic mass is 19.1. The fourth-order valence-electron chi connectivity index (χ4n) is 7.04. The van der Waals surface area contributed by atoms with E-state index < -0.39 is 0 Å². The molecule has 5 aliphatic rings. The number of hydrogen-bond acceptors (Lipinski definition) is 3. The zero-order valence-electron chi connectivity index (χ0n) is 17.2. The molecular weight excluding hydrogens is 367 g/mol. The van der Waals surface area contributed by atoms with Gasteiger partial charge in [-0.3, -0.25) is 9.69 Å². The first-order valence-electron chi connectivity index (χ1n) is 11.4. The van der Waals surface area contributed by atoms with Crippen LogP contribution in [-0.2, 0) is 11.3 Å². The van der Waals surface area contributed by atoms with E-state index in [0.29, 0.717) is 13.1 Å². The molecule has 1 aromatic rings. The Hall–Kier alpha value is -1.46. The van der Waals surface area contributed by atoms with E-state index in [-0.39, 0.29) is 23.4 Å². The fourth-order valence-corrected chi connectivity index (χ4v) is 7.04. The first kappa shape index (κ1) is 19.5. The van der Waals surface area contributed by atoms with Crippen LogP contribution in [0.15, 0.2) is 24.3 Å². The lowest BCUT2D eigenvalue weighted by Gasteiger charge is -2.60. The normalized spacial score (nSPS) is 34.5. The van der Waals surface area contributed by atoms with Gasteiger partial charge in [-0.1, -0.05) is 12.1 Å². The highest BCUT2D eigenvalue weighted by molar-refractivity contribution is 5.79. The number of likely N-dealkylation sites (tertiary alicyclic amines) is 1. The number of carbonyl (C=O) groups is 1. The van der Waals surface area contributed by atoms with Crippen LogP contribution >= 0.6 is 0 Å². The smallest absolute Gasteiger partial charge is 0.237 e. The molecule has 1 aromatic carbocycles. The van der Waals surface area contributed by atoms with Crippen LogP contribution in [0.3, 0.4) is 0 Å². The van der Waals surface area contributed by atoms with Crippen LogP contribution in [0.25, 0.3) is 0 Å². The maximum Gasteiger partial charge on any atom is 0.237 e. The molecular formula is C24H33FN2O2. The Morgan fingerprint density at radius 2 is 1.59 bits per heavy atom. The van der Waals surface area contributed by atoms with Crippen molar-refractivity contribution in [3.05, 3.63) is 35.6 Å². The van der Waals surface area contributed by atoms with Gasteiger partial charge >= 0.3 is 0 Å². The van der Waals surface area contributed by atoms with Gasteiger partial charge in [0.2, 0.25) is 5.91 Å². The van der Waals surface area contributed by atoms with Crippen LogP contribution in [0.2, 0.25) is 0 Å². The van der Waals surface area contributed by atoms with E-state index in [4.69, 9.17) is 0 Å². The first-order valence-corrected chi connectivity index (χ1v) is 11.4. The summed E-state index contributed by atoms with van der Waals surface area (Å²) >= 11 is 0. The SMILES string of the molecule is O=C(CN1CCC(O)CC1)N(Cc1ccc(F)cc1)C12CC3CC(CC(C3)C1)C2. The topological polar surface area (TPSA) is 43.8 Å². The molecule has 1 saturated heterocycles. The Kier molecular flexibility index (Phi) is 5.15. The number of rotatable bonds is 5. The van der Waals surface area contributed by atoms with Gasteiger partial charge in [0.05, 0.1) is 12.6 Å². The Labute approximate surface area is 173 Å². The number of benzene rings is 1. The van der Waals surface area contributed by atoms with Gasteiger partial charge in [-0.2, -0.15) is 0 Å². The summed E-state index contributed by atoms with van der Waals surface area (Å²) in [5.41, 5.74) is 1.01. The Balaban J connectivity index is 1.38. The van der Waals surface area contributed by atoms with E-state index in [9.17, 15) is 14.3 Å². The summed E-state index contributed by atoms with van der Waals surface area (Å²) in [6.45, 7) is 2.60. The number of amides is 1. The van der Waals surface area contributed by atoms with Crippen molar-refractivity contribution in [2.45, 2.75) is 69.6 Å². The molecule has 6 rings (SSSR count). The molecule has 5 heteroatoms. The van der Waals surface area contributed by atoms with Crippen LogP contribution < -0.4 is 0 Å². The molecule has 0 atom stereocenters. The first-order chi connectivity index (χ1) is 14.0. The molecule has 158 valence electrons. The third-order valence-corrected chi connectivity index (χ3v) is 8.05. The van der Waals surface area contributed by atoms with Crippen molar-refractivity contribution in [3.8, 4) is 0 Å². The van der Waals surface area contributed by atoms with Crippen molar-refractivity contribution in [1.82, 2.24) is 9.80 Å². The minimum Gasteiger partial charge on any atom is -0.393 e. The lowest BCUT2D eigenvalue weighted by atomic mass is 9.52. The zero-order chi connectivity index (χ0) is 20.0. The number of nitrogens with zero attached hydrogens (tertiary/aromatic N) is 2. The average molecular weight is 401 g/mol. The number of aliphatic hydroxyl groups is 1. The Morgan fingerprint density at radius 3 is 2.14 bits per heavy atom. The molecule has 4 saturated carbocycles. The fraction of sp³-hybridized carbons (Fsp3) is 0.708. The van der Waals surface area contributed by atoms with Crippen LogP contribution in [0.5, 0.6) is 0 Å². The summed E-state index contributed by atoms with van der Waals surface area (Å²) in [7, 11) is 0. The second-order valence-corrected chi connectivity index (χ2v) is 10.3. The van der Waals surface area contributed by atoms with Gasteiger partial charge in [-0.05, 0) is 86.8 Å². The van der Waals surface area contributed by atoms with Gasteiger partial charge in [0.1, 0.15) is 5.82 Å². The summed E-state index contributed by atoms with van der Waals surface area (Å²) in [4.78, 5) is 18.0. The van der Waals surface area contributed by atoms with Crippen molar-refractivity contribution < 1.29 is 14.3 Å². The number of hydrogen-bond donors (Lipinski definition) is 1. The van der Waals surface area contributed by atoms with Crippen molar-refractivity contribution in [2.75, 3.05) is 19.6 Å². The van der Waals surface area contributed by atoms with Gasteiger partial charge in [-0.25, -0.2) is 4.39 Å². The Morgan fingerprint density at radius 1 is 1.03 bits per heavy atom. The molecule has 1 aliphatic heterocycles. The van der Waals surface area contributed by atoms with Gasteiger partial charge in [0.15, 0.2) is 0 Å². The molecule has 5 fully saturated rings. The quantitative estimate of drug-likeness (QED) is 0.822. The van der Waals surface area contributed by atoms with E-state index in [1.165, 1.54) is 31.4 Å². The number of carbonyl (C=O) groups excluding carboxylic acids is 1. The largest absolute Gasteiger partial charge is 0.393 e. The second-order valence-electron chi connectivity index (χ2n) is 10.3. The zero-order valence-corrected chi connectivity index (χ0v) is 17.2. The highest BCUT2D eigenvalue weighted by Gasteiger charge is 2.54. The molecule has 0 radical (unpaired) electrons. The molecule has 0 unspecified atom stereocenters. The minimum atomic E-state index is -0.228. The lowest BCUT2D eigenvalue weighted by Crippen LogP contribution is -2.62. The Bertz CT molecular complexity index is 706. The number of halogens is 1. The molecule has 1 amide bonds. The summed E-state index contributed by atoms with van der Waals surface area (Å²) in [5.74, 6) is 2.31. The predicted molar refractivity (Wildman–Crippen MR) is 110 cm³/mol. The van der Waals surface area contributed by atoms with Crippen molar-refractivity contribution in [2.24, 2.45) is 17.8 Å². The predicted octanol–water partition coefficient (Wildman–Crippen LogP) is 3.58. The van der Waals surface area contributed by atoms with Gasteiger partial charge < -0.3 is 10.0 Å². The molecule has 4 aliphatic carbocycles. The van der Waals surface area contributed by atoms with Crippen LogP contribution in [-0.4, -0.2) is 52.1 Å². The maximum absolute atomic E-state index is 13.6. The van der Waals surface area contributed by atoms with E-state index in [2.05, 4.69) is 9.80 Å². The third-order valence-electron chi connectivity index (χ3n) is 8.05. The van der Waals surface area contributed by atoms with E-state index in [0.717, 1.165) is 68.5 Å². The molecule has 0 spiro atoms. The monoisotopic (exact) mass is 400 g/mol. The highest BCUT2D eigenvalue weighted by Crippen LogP contribution is 2.58. The third kappa shape index (κ3) is 3.96. The minimum absolute atomic E-state index is 0.00444. The van der Waals surface area contributed by atoms with E-state index >= 15 is 0 Å². The van der Waals surface area contributed by atoms with Crippen molar-refractivity contribution >= 4 is 5.91 Å². The molecule has 4 nitrogen and oxygen atoms in total. The van der Waals surface area contributed by atoms with Crippen molar-refractivity contribution in [1.29, 1.82) is 0 Å². The standard InChI is InChI=1S/C24H33FN2O2/c25-21-3-1-17(2-4-21)15-27(23(29)16-26-7-5-22(28)6-8-26)24-12-18-9-19(13-24)11-20(10-18)14-24/h1-4,18-20,22,28H,5-16H2. The lowest BCUT2D eigenvalue weighted by molar-refractivity contribution is -0.154. The average Bonchev–Trinajstić information content (AvgIpc) is 2.68. The van der Waals surface area contributed by atoms with E-state index in [1.54, 1.807) is 0 Å². The molecule has 4 bridgehead atoms.